The second-order valence-corrected chi connectivity index (χ2v) is 12.2. The summed E-state index contributed by atoms with van der Waals surface area (Å²) in [5.41, 5.74) is 11.0. The Labute approximate surface area is 281 Å². The van der Waals surface area contributed by atoms with E-state index in [-0.39, 0.29) is 0 Å². The molecular weight excluding hydrogens is 588 g/mol. The number of ether oxygens (including phenoxy) is 2. The van der Waals surface area contributed by atoms with Gasteiger partial charge in [0.25, 0.3) is 0 Å². The van der Waals surface area contributed by atoms with Gasteiger partial charge in [-0.2, -0.15) is 0 Å². The smallest absolute Gasteiger partial charge is 0.136 e. The molecule has 0 unspecified atom stereocenters. The van der Waals surface area contributed by atoms with Crippen LogP contribution >= 0.6 is 0 Å². The zero-order valence-corrected chi connectivity index (χ0v) is 27.2. The van der Waals surface area contributed by atoms with Crippen LogP contribution < -0.4 is 14.4 Å². The molecule has 4 heteroatoms. The highest BCUT2D eigenvalue weighted by atomic mass is 16.5. The normalized spacial score (nSPS) is 16.0. The molecule has 2 aliphatic rings. The molecule has 0 fully saturated rings. The number of rotatable bonds is 5. The Morgan fingerprint density at radius 3 is 2.50 bits per heavy atom. The molecule has 0 radical (unpaired) electrons. The van der Waals surface area contributed by atoms with E-state index in [0.717, 1.165) is 69.3 Å². The van der Waals surface area contributed by atoms with E-state index in [9.17, 15) is 0 Å². The van der Waals surface area contributed by atoms with Crippen LogP contribution in [0.2, 0.25) is 0 Å². The third-order valence-electron chi connectivity index (χ3n) is 9.19. The van der Waals surface area contributed by atoms with Gasteiger partial charge in [-0.1, -0.05) is 74.2 Å². The predicted molar refractivity (Wildman–Crippen MR) is 201 cm³/mol. The molecule has 0 saturated heterocycles. The average Bonchev–Trinajstić information content (AvgIpc) is 3.29. The van der Waals surface area contributed by atoms with Gasteiger partial charge in [-0.25, -0.2) is 0 Å². The SMILES string of the molecule is C=C1/C=C\C=C/Oc2cc3c(cc21)c1ccccc1n3-c1ccc(N(C)c2ccccc2-c2ccc3c(c2)CC=C/C(=C\CC)O3)cc1. The Bertz CT molecular complexity index is 2330. The van der Waals surface area contributed by atoms with Gasteiger partial charge in [0, 0.05) is 52.1 Å². The van der Waals surface area contributed by atoms with Crippen LogP contribution in [-0.4, -0.2) is 11.6 Å². The van der Waals surface area contributed by atoms with Gasteiger partial charge in [-0.15, -0.1) is 0 Å². The van der Waals surface area contributed by atoms with Crippen LogP contribution in [-0.2, 0) is 6.42 Å². The zero-order valence-electron chi connectivity index (χ0n) is 27.2. The van der Waals surface area contributed by atoms with E-state index in [0.29, 0.717) is 0 Å². The van der Waals surface area contributed by atoms with Crippen LogP contribution in [0.25, 0.3) is 44.2 Å². The number of hydrogen-bond donors (Lipinski definition) is 0. The zero-order chi connectivity index (χ0) is 32.6. The Balaban J connectivity index is 1.16. The molecular formula is C44H36N2O2. The monoisotopic (exact) mass is 624 g/mol. The van der Waals surface area contributed by atoms with Crippen molar-refractivity contribution in [1.82, 2.24) is 4.57 Å². The average molecular weight is 625 g/mol. The summed E-state index contributed by atoms with van der Waals surface area (Å²) in [6.07, 6.45) is 15.7. The van der Waals surface area contributed by atoms with E-state index in [1.807, 2.05) is 18.2 Å². The van der Waals surface area contributed by atoms with E-state index in [1.165, 1.54) is 27.5 Å². The van der Waals surface area contributed by atoms with Crippen LogP contribution in [0.3, 0.4) is 0 Å². The molecule has 0 N–H and O–H groups in total. The maximum absolute atomic E-state index is 6.22. The van der Waals surface area contributed by atoms with E-state index in [4.69, 9.17) is 9.47 Å². The predicted octanol–water partition coefficient (Wildman–Crippen LogP) is 11.5. The van der Waals surface area contributed by atoms with Crippen molar-refractivity contribution in [3.63, 3.8) is 0 Å². The quantitative estimate of drug-likeness (QED) is 0.191. The van der Waals surface area contributed by atoms with Crippen molar-refractivity contribution in [3.05, 3.63) is 169 Å². The first-order valence-electron chi connectivity index (χ1n) is 16.5. The highest BCUT2D eigenvalue weighted by Crippen LogP contribution is 2.40. The standard InChI is InChI=1S/C44H36N2O2/c1-4-12-35-15-11-14-32-27-31(20-25-43(32)48-35)36-16-5-7-18-40(36)45(3)33-21-23-34(24-22-33)46-41-19-8-6-17-37(41)39-28-38-30(2)13-9-10-26-47-44(38)29-42(39)46/h5-13,15-29H,2,4,14H2,1,3H3/b13-9-,26-10-,35-12+. The van der Waals surface area contributed by atoms with E-state index >= 15 is 0 Å². The Morgan fingerprint density at radius 2 is 1.62 bits per heavy atom. The van der Waals surface area contributed by atoms with Crippen LogP contribution in [0.1, 0.15) is 24.5 Å². The van der Waals surface area contributed by atoms with E-state index < -0.39 is 0 Å². The first kappa shape index (κ1) is 29.4. The molecule has 0 amide bonds. The van der Waals surface area contributed by atoms with E-state index in [2.05, 4.69) is 151 Å². The highest BCUT2D eigenvalue weighted by Gasteiger charge is 2.19. The summed E-state index contributed by atoms with van der Waals surface area (Å²) >= 11 is 0. The molecule has 0 spiro atoms. The molecule has 2 aliphatic heterocycles. The Kier molecular flexibility index (Phi) is 7.54. The van der Waals surface area contributed by atoms with Gasteiger partial charge in [0.2, 0.25) is 0 Å². The third kappa shape index (κ3) is 5.22. The van der Waals surface area contributed by atoms with E-state index in [1.54, 1.807) is 6.26 Å². The molecule has 6 aromatic rings. The minimum atomic E-state index is 0.795. The second kappa shape index (κ2) is 12.3. The lowest BCUT2D eigenvalue weighted by atomic mass is 9.99. The lowest BCUT2D eigenvalue weighted by molar-refractivity contribution is 0.441. The van der Waals surface area contributed by atoms with Crippen molar-refractivity contribution in [1.29, 1.82) is 0 Å². The number of nitrogens with zero attached hydrogens (tertiary/aromatic N) is 2. The molecule has 0 atom stereocenters. The minimum absolute atomic E-state index is 0.795. The number of allylic oxidation sites excluding steroid dienone is 7. The van der Waals surface area contributed by atoms with Gasteiger partial charge in [0.05, 0.1) is 17.3 Å². The lowest BCUT2D eigenvalue weighted by Gasteiger charge is -2.24. The van der Waals surface area contributed by atoms with Crippen LogP contribution in [0.4, 0.5) is 11.4 Å². The molecule has 5 aromatic carbocycles. The Morgan fingerprint density at radius 1 is 0.792 bits per heavy atom. The molecule has 0 bridgehead atoms. The number of benzene rings is 5. The van der Waals surface area contributed by atoms with Crippen molar-refractivity contribution in [2.24, 2.45) is 0 Å². The first-order chi connectivity index (χ1) is 23.6. The van der Waals surface area contributed by atoms with Gasteiger partial charge >= 0.3 is 0 Å². The largest absolute Gasteiger partial charge is 0.464 e. The maximum atomic E-state index is 6.22. The maximum Gasteiger partial charge on any atom is 0.136 e. The lowest BCUT2D eigenvalue weighted by Crippen LogP contribution is -2.10. The number of para-hydroxylation sites is 2. The van der Waals surface area contributed by atoms with Gasteiger partial charge in [0.1, 0.15) is 17.3 Å². The van der Waals surface area contributed by atoms with Crippen molar-refractivity contribution >= 4 is 38.8 Å². The molecule has 1 aromatic heterocycles. The minimum Gasteiger partial charge on any atom is -0.464 e. The van der Waals surface area contributed by atoms with Gasteiger partial charge in [0.15, 0.2) is 0 Å². The van der Waals surface area contributed by atoms with Crippen LogP contribution in [0, 0.1) is 0 Å². The summed E-state index contributed by atoms with van der Waals surface area (Å²) in [5.74, 6) is 2.63. The number of hydrogen-bond acceptors (Lipinski definition) is 3. The summed E-state index contributed by atoms with van der Waals surface area (Å²) < 4.78 is 14.6. The highest BCUT2D eigenvalue weighted by molar-refractivity contribution is 6.11. The molecule has 234 valence electrons. The number of aromatic nitrogens is 1. The van der Waals surface area contributed by atoms with Crippen LogP contribution in [0.5, 0.6) is 11.5 Å². The summed E-state index contributed by atoms with van der Waals surface area (Å²) in [5, 5.41) is 2.36. The number of anilines is 2. The fraction of sp³-hybridized carbons (Fsp3) is 0.0909. The molecule has 8 rings (SSSR count). The molecule has 0 saturated carbocycles. The summed E-state index contributed by atoms with van der Waals surface area (Å²) in [6.45, 7) is 6.42. The molecule has 3 heterocycles. The van der Waals surface area contributed by atoms with Crippen molar-refractivity contribution in [2.75, 3.05) is 11.9 Å². The topological polar surface area (TPSA) is 26.6 Å². The van der Waals surface area contributed by atoms with Gasteiger partial charge < -0.3 is 18.9 Å². The molecule has 48 heavy (non-hydrogen) atoms. The molecule has 0 aliphatic carbocycles. The Hall–Kier alpha value is -6.00. The fourth-order valence-corrected chi connectivity index (χ4v) is 6.80. The second-order valence-electron chi connectivity index (χ2n) is 12.2. The van der Waals surface area contributed by atoms with Crippen molar-refractivity contribution in [2.45, 2.75) is 19.8 Å². The summed E-state index contributed by atoms with van der Waals surface area (Å²) in [4.78, 5) is 2.26. The van der Waals surface area contributed by atoms with Crippen molar-refractivity contribution in [3.8, 4) is 28.3 Å². The van der Waals surface area contributed by atoms with Crippen LogP contribution in [0.15, 0.2) is 158 Å². The number of fused-ring (bicyclic) bond motifs is 5. The van der Waals surface area contributed by atoms with Gasteiger partial charge in [-0.05, 0) is 102 Å². The summed E-state index contributed by atoms with van der Waals surface area (Å²) in [6, 6.07) is 36.8. The molecule has 4 nitrogen and oxygen atoms in total. The third-order valence-corrected chi connectivity index (χ3v) is 9.19. The van der Waals surface area contributed by atoms with Gasteiger partial charge in [-0.3, -0.25) is 0 Å². The fourth-order valence-electron chi connectivity index (χ4n) is 6.80. The van der Waals surface area contributed by atoms with Crippen molar-refractivity contribution < 1.29 is 9.47 Å². The summed E-state index contributed by atoms with van der Waals surface area (Å²) in [7, 11) is 2.13. The first-order valence-corrected chi connectivity index (χ1v) is 16.5.